The number of sulfonamides is 1. The SMILES string of the molecule is CCOc1ccc(N(CC(=O)Nc2ccc(Cl)cc2C(=O)c2ccccc2)S(=O)(=O)c2ccc(Cl)cc2)cc1. The Morgan fingerprint density at radius 3 is 2.13 bits per heavy atom. The lowest BCUT2D eigenvalue weighted by molar-refractivity contribution is -0.114. The van der Waals surface area contributed by atoms with Gasteiger partial charge >= 0.3 is 0 Å². The molecule has 7 nitrogen and oxygen atoms in total. The van der Waals surface area contributed by atoms with Gasteiger partial charge in [-0.25, -0.2) is 8.42 Å². The fraction of sp³-hybridized carbons (Fsp3) is 0.103. The summed E-state index contributed by atoms with van der Waals surface area (Å²) >= 11 is 12.1. The number of benzene rings is 4. The highest BCUT2D eigenvalue weighted by Gasteiger charge is 2.28. The second-order valence-electron chi connectivity index (χ2n) is 8.33. The van der Waals surface area contributed by atoms with Gasteiger partial charge in [-0.15, -0.1) is 0 Å². The summed E-state index contributed by atoms with van der Waals surface area (Å²) in [6.07, 6.45) is 0. The van der Waals surface area contributed by atoms with Gasteiger partial charge in [-0.1, -0.05) is 53.5 Å². The summed E-state index contributed by atoms with van der Waals surface area (Å²) in [7, 11) is -4.17. The van der Waals surface area contributed by atoms with Crippen LogP contribution in [0.5, 0.6) is 5.75 Å². The van der Waals surface area contributed by atoms with Gasteiger partial charge in [0.15, 0.2) is 5.78 Å². The average molecular weight is 583 g/mol. The zero-order valence-electron chi connectivity index (χ0n) is 20.8. The van der Waals surface area contributed by atoms with Gasteiger partial charge in [0, 0.05) is 21.2 Å². The smallest absolute Gasteiger partial charge is 0.264 e. The third-order valence-corrected chi connectivity index (χ3v) is 7.94. The molecular weight excluding hydrogens is 559 g/mol. The predicted molar refractivity (Wildman–Crippen MR) is 154 cm³/mol. The first-order valence-corrected chi connectivity index (χ1v) is 14.1. The fourth-order valence-corrected chi connectivity index (χ4v) is 5.52. The Balaban J connectivity index is 1.67. The number of nitrogens with zero attached hydrogens (tertiary/aromatic N) is 1. The Kier molecular flexibility index (Phi) is 8.91. The largest absolute Gasteiger partial charge is 0.494 e. The highest BCUT2D eigenvalue weighted by Crippen LogP contribution is 2.28. The van der Waals surface area contributed by atoms with Crippen LogP contribution in [0.25, 0.3) is 0 Å². The lowest BCUT2D eigenvalue weighted by Crippen LogP contribution is -2.38. The third kappa shape index (κ3) is 6.78. The number of carbonyl (C=O) groups excluding carboxylic acids is 2. The number of nitrogens with one attached hydrogen (secondary N) is 1. The van der Waals surface area contributed by atoms with Crippen molar-refractivity contribution in [3.05, 3.63) is 118 Å². The molecule has 0 unspecified atom stereocenters. The van der Waals surface area contributed by atoms with Crippen molar-refractivity contribution in [1.29, 1.82) is 0 Å². The van der Waals surface area contributed by atoms with Crippen molar-refractivity contribution in [2.45, 2.75) is 11.8 Å². The van der Waals surface area contributed by atoms with E-state index in [0.717, 1.165) is 4.31 Å². The minimum Gasteiger partial charge on any atom is -0.494 e. The van der Waals surface area contributed by atoms with Crippen LogP contribution in [-0.4, -0.2) is 33.3 Å². The minimum atomic E-state index is -4.17. The predicted octanol–water partition coefficient (Wildman–Crippen LogP) is 6.46. The van der Waals surface area contributed by atoms with Gasteiger partial charge in [0.2, 0.25) is 5.91 Å². The van der Waals surface area contributed by atoms with Crippen LogP contribution in [-0.2, 0) is 14.8 Å². The number of ether oxygens (including phenoxy) is 1. The van der Waals surface area contributed by atoms with Gasteiger partial charge in [0.25, 0.3) is 10.0 Å². The maximum Gasteiger partial charge on any atom is 0.264 e. The van der Waals surface area contributed by atoms with E-state index in [1.54, 1.807) is 54.6 Å². The molecule has 0 saturated carbocycles. The molecule has 10 heteroatoms. The fourth-order valence-electron chi connectivity index (χ4n) is 3.80. The van der Waals surface area contributed by atoms with Crippen LogP contribution in [0.2, 0.25) is 10.0 Å². The lowest BCUT2D eigenvalue weighted by atomic mass is 10.0. The van der Waals surface area contributed by atoms with Crippen LogP contribution >= 0.6 is 23.2 Å². The van der Waals surface area contributed by atoms with Crippen LogP contribution in [0.3, 0.4) is 0 Å². The summed E-state index contributed by atoms with van der Waals surface area (Å²) in [6, 6.07) is 25.1. The molecule has 0 aromatic heterocycles. The monoisotopic (exact) mass is 582 g/mol. The molecule has 0 saturated heterocycles. The summed E-state index contributed by atoms with van der Waals surface area (Å²) in [5.41, 5.74) is 1.04. The summed E-state index contributed by atoms with van der Waals surface area (Å²) in [4.78, 5) is 26.4. The van der Waals surface area contributed by atoms with Crippen molar-refractivity contribution in [2.75, 3.05) is 22.8 Å². The molecule has 0 spiro atoms. The molecule has 0 atom stereocenters. The number of hydrogen-bond donors (Lipinski definition) is 1. The Bertz CT molecular complexity index is 1580. The Labute approximate surface area is 237 Å². The van der Waals surface area contributed by atoms with Crippen LogP contribution < -0.4 is 14.4 Å². The van der Waals surface area contributed by atoms with Gasteiger partial charge in [-0.3, -0.25) is 13.9 Å². The molecule has 200 valence electrons. The van der Waals surface area contributed by atoms with Crippen molar-refractivity contribution in [1.82, 2.24) is 0 Å². The first-order chi connectivity index (χ1) is 18.7. The molecule has 0 aliphatic rings. The second kappa shape index (κ2) is 12.3. The Morgan fingerprint density at radius 2 is 1.49 bits per heavy atom. The first-order valence-electron chi connectivity index (χ1n) is 11.9. The number of hydrogen-bond acceptors (Lipinski definition) is 5. The van der Waals surface area contributed by atoms with Crippen LogP contribution in [0.15, 0.2) is 102 Å². The van der Waals surface area contributed by atoms with Crippen molar-refractivity contribution in [3.8, 4) is 5.75 Å². The molecule has 0 bridgehead atoms. The zero-order valence-corrected chi connectivity index (χ0v) is 23.1. The lowest BCUT2D eigenvalue weighted by Gasteiger charge is -2.24. The van der Waals surface area contributed by atoms with Gasteiger partial charge in [-0.05, 0) is 73.7 Å². The quantitative estimate of drug-likeness (QED) is 0.217. The summed E-state index contributed by atoms with van der Waals surface area (Å²) in [5.74, 6) is -0.448. The van der Waals surface area contributed by atoms with Gasteiger partial charge in [0.1, 0.15) is 12.3 Å². The van der Waals surface area contributed by atoms with Gasteiger partial charge < -0.3 is 10.1 Å². The molecule has 0 fully saturated rings. The molecule has 4 aromatic carbocycles. The van der Waals surface area contributed by atoms with Crippen LogP contribution in [0, 0.1) is 0 Å². The average Bonchev–Trinajstić information content (AvgIpc) is 2.93. The van der Waals surface area contributed by atoms with E-state index in [-0.39, 0.29) is 27.6 Å². The van der Waals surface area contributed by atoms with E-state index in [1.807, 2.05) is 6.92 Å². The van der Waals surface area contributed by atoms with E-state index in [0.29, 0.717) is 28.0 Å². The normalized spacial score (nSPS) is 11.1. The standard InChI is InChI=1S/C29H24Cl2N2O5S/c1-2-38-24-13-11-23(12-14-24)33(39(36,37)25-15-8-21(30)9-16-25)19-28(34)32-27-17-10-22(31)18-26(27)29(35)20-6-4-3-5-7-20/h3-18H,2,19H2,1H3,(H,32,34). The molecule has 0 aliphatic heterocycles. The van der Waals surface area contributed by atoms with E-state index < -0.39 is 22.5 Å². The van der Waals surface area contributed by atoms with E-state index in [4.69, 9.17) is 27.9 Å². The molecule has 1 N–H and O–H groups in total. The zero-order chi connectivity index (χ0) is 28.0. The highest BCUT2D eigenvalue weighted by atomic mass is 35.5. The second-order valence-corrected chi connectivity index (χ2v) is 11.1. The van der Waals surface area contributed by atoms with E-state index in [9.17, 15) is 18.0 Å². The van der Waals surface area contributed by atoms with Crippen LogP contribution in [0.4, 0.5) is 11.4 Å². The molecule has 0 aliphatic carbocycles. The summed E-state index contributed by atoms with van der Waals surface area (Å²) < 4.78 is 33.7. The number of carbonyl (C=O) groups is 2. The molecule has 39 heavy (non-hydrogen) atoms. The number of rotatable bonds is 10. The number of halogens is 2. The molecule has 0 radical (unpaired) electrons. The van der Waals surface area contributed by atoms with E-state index >= 15 is 0 Å². The molecular formula is C29H24Cl2N2O5S. The third-order valence-electron chi connectivity index (χ3n) is 5.66. The number of amides is 1. The maximum absolute atomic E-state index is 13.6. The maximum atomic E-state index is 13.6. The van der Waals surface area contributed by atoms with Crippen molar-refractivity contribution < 1.29 is 22.7 Å². The molecule has 4 aromatic rings. The molecule has 4 rings (SSSR count). The van der Waals surface area contributed by atoms with Gasteiger partial charge in [-0.2, -0.15) is 0 Å². The minimum absolute atomic E-state index is 0.0416. The summed E-state index contributed by atoms with van der Waals surface area (Å²) in [6.45, 7) is 1.71. The Hall–Kier alpha value is -3.85. The Morgan fingerprint density at radius 1 is 0.846 bits per heavy atom. The number of anilines is 2. The summed E-state index contributed by atoms with van der Waals surface area (Å²) in [5, 5.41) is 3.37. The van der Waals surface area contributed by atoms with Crippen LogP contribution in [0.1, 0.15) is 22.8 Å². The number of ketones is 1. The van der Waals surface area contributed by atoms with Crippen molar-refractivity contribution in [3.63, 3.8) is 0 Å². The van der Waals surface area contributed by atoms with E-state index in [1.165, 1.54) is 42.5 Å². The highest BCUT2D eigenvalue weighted by molar-refractivity contribution is 7.92. The topological polar surface area (TPSA) is 92.8 Å². The van der Waals surface area contributed by atoms with Crippen molar-refractivity contribution >= 4 is 56.3 Å². The molecule has 1 amide bonds. The molecule has 0 heterocycles. The van der Waals surface area contributed by atoms with Gasteiger partial charge in [0.05, 0.1) is 22.9 Å². The van der Waals surface area contributed by atoms with Crippen molar-refractivity contribution in [2.24, 2.45) is 0 Å². The van der Waals surface area contributed by atoms with E-state index in [2.05, 4.69) is 5.32 Å². The first kappa shape index (κ1) is 28.2.